The topological polar surface area (TPSA) is 76.7 Å². The minimum absolute atomic E-state index is 0. The number of hydrogen-bond donors (Lipinski definition) is 0. The van der Waals surface area contributed by atoms with Crippen LogP contribution < -0.4 is 20.5 Å². The Morgan fingerprint density at radius 3 is 1.14 bits per heavy atom. The van der Waals surface area contributed by atoms with Crippen molar-refractivity contribution in [2.75, 3.05) is 9.62 Å². The van der Waals surface area contributed by atoms with Gasteiger partial charge in [0.2, 0.25) is 0 Å². The third-order valence-electron chi connectivity index (χ3n) is 19.7. The van der Waals surface area contributed by atoms with Crippen LogP contribution in [0.3, 0.4) is 0 Å². The first-order chi connectivity index (χ1) is 46.4. The first-order valence-corrected chi connectivity index (χ1v) is 32.3. The molecule has 96 heavy (non-hydrogen) atoms. The van der Waals surface area contributed by atoms with Crippen molar-refractivity contribution >= 4 is 146 Å². The molecule has 0 bridgehead atoms. The average Bonchev–Trinajstić information content (AvgIpc) is 1.52. The van der Waals surface area contributed by atoms with Gasteiger partial charge in [-0.3, -0.25) is 9.03 Å². The molecule has 462 valence electrons. The molecule has 12 heterocycles. The minimum atomic E-state index is 0. The molecule has 0 aliphatic carbocycles. The molecule has 0 amide bonds. The number of pyridine rings is 4. The number of rotatable bonds is 2. The van der Waals surface area contributed by atoms with E-state index >= 15 is 0 Å². The fourth-order valence-corrected chi connectivity index (χ4v) is 15.5. The van der Waals surface area contributed by atoms with Crippen molar-refractivity contribution < 1.29 is 40.2 Å². The number of para-hydroxylation sites is 6. The van der Waals surface area contributed by atoms with Gasteiger partial charge in [-0.2, -0.15) is 58.7 Å². The summed E-state index contributed by atoms with van der Waals surface area (Å²) in [6, 6.07) is 94.8. The summed E-state index contributed by atoms with van der Waals surface area (Å²) in [4.78, 5) is 14.8. The summed E-state index contributed by atoms with van der Waals surface area (Å²) in [7, 11) is 0. The standard InChI is InChI=1S/2C26H19BN3.2C15H9N2.2Ir/c2*1-16(2)17-14-24-25(28-15-17)20-9-3-5-11-21(20)27-29(24)23-13-7-10-19-18-8-4-6-12-22(18)30(27)26(19)23;2*1-2-6-13-11(5-1)12-7-3-4-8-14(12)17-15(13)9-10-16-17;;/h2*3-8,10-16H,1-2H3;2*1-7,9-10H;;/q4*-1;;. The van der Waals surface area contributed by atoms with Crippen LogP contribution in [0, 0.1) is 24.3 Å². The van der Waals surface area contributed by atoms with Crippen molar-refractivity contribution in [3.05, 3.63) is 291 Å². The molecule has 2 radical (unpaired) electrons. The van der Waals surface area contributed by atoms with E-state index in [0.29, 0.717) is 11.8 Å². The molecule has 4 aliphatic heterocycles. The molecule has 22 rings (SSSR count). The van der Waals surface area contributed by atoms with E-state index in [1.807, 2.05) is 82.3 Å². The van der Waals surface area contributed by atoms with E-state index < -0.39 is 0 Å². The smallest absolute Gasteiger partial charge is 0.362 e. The Morgan fingerprint density at radius 2 is 0.708 bits per heavy atom. The van der Waals surface area contributed by atoms with Crippen LogP contribution >= 0.6 is 0 Å². The van der Waals surface area contributed by atoms with Crippen molar-refractivity contribution in [2.45, 2.75) is 39.5 Å². The van der Waals surface area contributed by atoms with Gasteiger partial charge in [0.05, 0.1) is 33.4 Å². The van der Waals surface area contributed by atoms with E-state index in [9.17, 15) is 0 Å². The van der Waals surface area contributed by atoms with Crippen LogP contribution in [0.15, 0.2) is 255 Å². The van der Waals surface area contributed by atoms with E-state index in [0.717, 1.165) is 44.6 Å². The SMILES string of the molecule is CC(C)c1cnc2c(c1)N1B(c3ccc[c-]c3-2)n2c3ccccc3c3cccc1c32.CC(C)c1cnc2c(c1)N1B(c3ccc[c-]c3-2)n2c3ccccc3c3cccc1c32.[Ir].[Ir].[c-]1cccc2c3ccccc3c3ccnn3c12.[c-]1cccc2c3ccccc3c3ccnn3c12. The van der Waals surface area contributed by atoms with Crippen molar-refractivity contribution in [3.63, 3.8) is 0 Å². The summed E-state index contributed by atoms with van der Waals surface area (Å²) >= 11 is 0. The second-order valence-corrected chi connectivity index (χ2v) is 25.4. The monoisotopic (exact) mass is 1590 g/mol. The molecule has 0 atom stereocenters. The van der Waals surface area contributed by atoms with Gasteiger partial charge in [0, 0.05) is 120 Å². The van der Waals surface area contributed by atoms with Gasteiger partial charge in [-0.05, 0) is 93.3 Å². The molecule has 10 aromatic carbocycles. The molecular formula is C82H56B2Ir2N10-4. The van der Waals surface area contributed by atoms with Gasteiger partial charge in [-0.25, -0.2) is 0 Å². The fraction of sp³-hybridized carbons (Fsp3) is 0.0732. The number of nitrogens with zero attached hydrogens (tertiary/aromatic N) is 10. The van der Waals surface area contributed by atoms with Gasteiger partial charge in [-0.1, -0.05) is 148 Å². The first kappa shape index (κ1) is 59.3. The van der Waals surface area contributed by atoms with E-state index in [-0.39, 0.29) is 54.2 Å². The first-order valence-electron chi connectivity index (χ1n) is 32.3. The molecule has 4 aliphatic rings. The maximum absolute atomic E-state index is 4.93. The third-order valence-corrected chi connectivity index (χ3v) is 19.7. The molecule has 10 nitrogen and oxygen atoms in total. The van der Waals surface area contributed by atoms with E-state index in [1.54, 1.807) is 0 Å². The summed E-state index contributed by atoms with van der Waals surface area (Å²) in [6.45, 7) is 9.07. The Kier molecular flexibility index (Phi) is 14.3. The molecule has 0 saturated carbocycles. The zero-order valence-electron chi connectivity index (χ0n) is 52.7. The molecule has 18 aromatic rings. The maximum atomic E-state index is 4.93. The van der Waals surface area contributed by atoms with E-state index in [4.69, 9.17) is 9.97 Å². The van der Waals surface area contributed by atoms with Crippen molar-refractivity contribution in [1.82, 2.24) is 38.2 Å². The largest absolute Gasteiger partial charge is 0.375 e. The second-order valence-electron chi connectivity index (χ2n) is 25.4. The summed E-state index contributed by atoms with van der Waals surface area (Å²) < 4.78 is 8.94. The zero-order valence-corrected chi connectivity index (χ0v) is 57.5. The van der Waals surface area contributed by atoms with Crippen molar-refractivity contribution in [2.24, 2.45) is 0 Å². The Balaban J connectivity index is 0.0000000994. The average molecular weight is 1590 g/mol. The summed E-state index contributed by atoms with van der Waals surface area (Å²) in [5, 5.41) is 21.4. The quantitative estimate of drug-likeness (QED) is 0.0975. The predicted molar refractivity (Wildman–Crippen MR) is 388 cm³/mol. The van der Waals surface area contributed by atoms with Crippen LogP contribution in [0.4, 0.5) is 22.7 Å². The Morgan fingerprint density at radius 1 is 0.344 bits per heavy atom. The van der Waals surface area contributed by atoms with Gasteiger partial charge in [0.25, 0.3) is 0 Å². The number of fused-ring (bicyclic) bond motifs is 34. The Hall–Kier alpha value is -10.5. The van der Waals surface area contributed by atoms with Crippen LogP contribution in [0.25, 0.3) is 121 Å². The normalized spacial score (nSPS) is 12.7. The number of benzene rings is 10. The molecule has 14 heteroatoms. The summed E-state index contributed by atoms with van der Waals surface area (Å²) in [6.07, 6.45) is 7.73. The Bertz CT molecular complexity index is 5650. The van der Waals surface area contributed by atoms with Crippen LogP contribution in [-0.4, -0.2) is 52.1 Å². The van der Waals surface area contributed by atoms with Gasteiger partial charge in [-0.15, -0.1) is 81.4 Å². The predicted octanol–water partition coefficient (Wildman–Crippen LogP) is 17.9. The summed E-state index contributed by atoms with van der Waals surface area (Å²) in [5.41, 5.74) is 23.7. The van der Waals surface area contributed by atoms with E-state index in [2.05, 4.69) is 263 Å². The van der Waals surface area contributed by atoms with Crippen LogP contribution in [0.5, 0.6) is 0 Å². The third kappa shape index (κ3) is 8.72. The van der Waals surface area contributed by atoms with Gasteiger partial charge in [0.15, 0.2) is 0 Å². The Labute approximate surface area is 582 Å². The van der Waals surface area contributed by atoms with Gasteiger partial charge >= 0.3 is 14.0 Å². The number of anilines is 4. The fourth-order valence-electron chi connectivity index (χ4n) is 15.5. The molecule has 8 aromatic heterocycles. The molecule has 0 spiro atoms. The number of hydrogen-bond acceptors (Lipinski definition) is 6. The van der Waals surface area contributed by atoms with Crippen LogP contribution in [0.1, 0.15) is 50.7 Å². The second kappa shape index (κ2) is 23.2. The molecular weight excluding hydrogens is 1530 g/mol. The maximum Gasteiger partial charge on any atom is 0.362 e. The molecule has 0 saturated heterocycles. The number of aromatic nitrogens is 8. The van der Waals surface area contributed by atoms with E-state index in [1.165, 1.54) is 121 Å². The van der Waals surface area contributed by atoms with Crippen molar-refractivity contribution in [3.8, 4) is 22.5 Å². The van der Waals surface area contributed by atoms with Gasteiger partial charge in [0.1, 0.15) is 0 Å². The zero-order chi connectivity index (χ0) is 62.4. The van der Waals surface area contributed by atoms with Crippen LogP contribution in [-0.2, 0) is 40.2 Å². The molecule has 0 N–H and O–H groups in total. The summed E-state index contributed by atoms with van der Waals surface area (Å²) in [5.74, 6) is 0.862. The minimum Gasteiger partial charge on any atom is -0.375 e. The van der Waals surface area contributed by atoms with Gasteiger partial charge < -0.3 is 28.5 Å². The van der Waals surface area contributed by atoms with Crippen molar-refractivity contribution in [1.29, 1.82) is 0 Å². The van der Waals surface area contributed by atoms with Crippen LogP contribution in [0.2, 0.25) is 0 Å². The molecule has 0 fully saturated rings. The molecule has 0 unspecified atom stereocenters.